The summed E-state index contributed by atoms with van der Waals surface area (Å²) in [5, 5.41) is 0. The lowest BCUT2D eigenvalue weighted by Gasteiger charge is -2.34. The van der Waals surface area contributed by atoms with Gasteiger partial charge in [0.25, 0.3) is 0 Å². The zero-order chi connectivity index (χ0) is 15.6. The topological polar surface area (TPSA) is 23.6 Å². The van der Waals surface area contributed by atoms with Crippen LogP contribution in [-0.4, -0.2) is 40.9 Å². The van der Waals surface area contributed by atoms with Crippen molar-refractivity contribution in [3.8, 4) is 0 Å². The van der Waals surface area contributed by atoms with Gasteiger partial charge in [0.05, 0.1) is 6.04 Å². The number of likely N-dealkylation sites (tertiary alicyclic amines) is 1. The number of nitrogens with zero attached hydrogens (tertiary/aromatic N) is 2. The minimum Gasteiger partial charge on any atom is -0.340 e. The van der Waals surface area contributed by atoms with Crippen LogP contribution in [0, 0.1) is 0 Å². The summed E-state index contributed by atoms with van der Waals surface area (Å²) < 4.78 is 1.05. The smallest absolute Gasteiger partial charge is 0.239 e. The molecule has 3 atom stereocenters. The van der Waals surface area contributed by atoms with Gasteiger partial charge in [-0.2, -0.15) is 0 Å². The standard InChI is InChI=1S/C17H25BrN2O/c1-12-8-9-13(2)20(12)14(3)17(21)19(4)11-15-6-5-7-16(18)10-15/h5-7,10,12-14H,8-9,11H2,1-4H3. The second kappa shape index (κ2) is 6.93. The van der Waals surface area contributed by atoms with Crippen LogP contribution in [0.25, 0.3) is 0 Å². The van der Waals surface area contributed by atoms with E-state index in [0.29, 0.717) is 18.6 Å². The maximum atomic E-state index is 12.7. The van der Waals surface area contributed by atoms with Gasteiger partial charge in [0.1, 0.15) is 0 Å². The van der Waals surface area contributed by atoms with Gasteiger partial charge >= 0.3 is 0 Å². The molecule has 0 N–H and O–H groups in total. The Morgan fingerprint density at radius 3 is 2.57 bits per heavy atom. The van der Waals surface area contributed by atoms with Crippen LogP contribution in [0.5, 0.6) is 0 Å². The fourth-order valence-electron chi connectivity index (χ4n) is 3.41. The molecule has 0 bridgehead atoms. The van der Waals surface area contributed by atoms with E-state index in [2.05, 4.69) is 46.8 Å². The molecule has 1 aliphatic heterocycles. The molecule has 1 saturated heterocycles. The van der Waals surface area contributed by atoms with Crippen LogP contribution in [0.3, 0.4) is 0 Å². The SMILES string of the molecule is CC1CCC(C)N1C(C)C(=O)N(C)Cc1cccc(Br)c1. The van der Waals surface area contributed by atoms with Gasteiger partial charge in [-0.25, -0.2) is 0 Å². The number of halogens is 1. The van der Waals surface area contributed by atoms with Crippen molar-refractivity contribution in [1.82, 2.24) is 9.80 Å². The van der Waals surface area contributed by atoms with Gasteiger partial charge < -0.3 is 4.90 Å². The predicted molar refractivity (Wildman–Crippen MR) is 90.1 cm³/mol. The molecule has 3 nitrogen and oxygen atoms in total. The lowest BCUT2D eigenvalue weighted by molar-refractivity contribution is -0.136. The molecule has 1 aliphatic rings. The predicted octanol–water partition coefficient (Wildman–Crippen LogP) is 3.67. The third-order valence-electron chi connectivity index (χ3n) is 4.51. The largest absolute Gasteiger partial charge is 0.340 e. The Labute approximate surface area is 136 Å². The highest BCUT2D eigenvalue weighted by atomic mass is 79.9. The minimum atomic E-state index is -0.0466. The summed E-state index contributed by atoms with van der Waals surface area (Å²) in [6.45, 7) is 7.14. The number of amides is 1. The number of carbonyl (C=O) groups is 1. The van der Waals surface area contributed by atoms with Crippen molar-refractivity contribution in [3.05, 3.63) is 34.3 Å². The maximum Gasteiger partial charge on any atom is 0.239 e. The molecule has 1 amide bonds. The van der Waals surface area contributed by atoms with Crippen LogP contribution >= 0.6 is 15.9 Å². The zero-order valence-corrected chi connectivity index (χ0v) is 14.9. The molecule has 1 aromatic carbocycles. The molecule has 1 aromatic rings. The molecule has 4 heteroatoms. The Morgan fingerprint density at radius 2 is 2.00 bits per heavy atom. The average Bonchev–Trinajstić information content (AvgIpc) is 2.76. The van der Waals surface area contributed by atoms with E-state index in [1.54, 1.807) is 0 Å². The fraction of sp³-hybridized carbons (Fsp3) is 0.588. The van der Waals surface area contributed by atoms with Gasteiger partial charge in [0, 0.05) is 30.1 Å². The molecule has 1 heterocycles. The van der Waals surface area contributed by atoms with E-state index in [0.717, 1.165) is 10.0 Å². The third-order valence-corrected chi connectivity index (χ3v) is 5.00. The van der Waals surface area contributed by atoms with E-state index in [9.17, 15) is 4.79 Å². The number of benzene rings is 1. The lowest BCUT2D eigenvalue weighted by atomic mass is 10.1. The molecular formula is C17H25BrN2O. The van der Waals surface area contributed by atoms with Crippen molar-refractivity contribution in [3.63, 3.8) is 0 Å². The quantitative estimate of drug-likeness (QED) is 0.825. The van der Waals surface area contributed by atoms with E-state index in [4.69, 9.17) is 0 Å². The molecule has 3 unspecified atom stereocenters. The summed E-state index contributed by atoms with van der Waals surface area (Å²) in [6.07, 6.45) is 2.38. The molecule has 116 valence electrons. The van der Waals surface area contributed by atoms with Gasteiger partial charge in [-0.1, -0.05) is 28.1 Å². The molecule has 0 spiro atoms. The van der Waals surface area contributed by atoms with Crippen molar-refractivity contribution >= 4 is 21.8 Å². The summed E-state index contributed by atoms with van der Waals surface area (Å²) in [7, 11) is 1.89. The van der Waals surface area contributed by atoms with Crippen molar-refractivity contribution in [2.75, 3.05) is 7.05 Å². The van der Waals surface area contributed by atoms with Gasteiger partial charge in [0.15, 0.2) is 0 Å². The molecule has 1 fully saturated rings. The second-order valence-corrected chi connectivity index (χ2v) is 7.14. The normalized spacial score (nSPS) is 24.0. The second-order valence-electron chi connectivity index (χ2n) is 6.22. The van der Waals surface area contributed by atoms with E-state index in [-0.39, 0.29) is 11.9 Å². The van der Waals surface area contributed by atoms with Crippen LogP contribution in [0.4, 0.5) is 0 Å². The monoisotopic (exact) mass is 352 g/mol. The number of carbonyl (C=O) groups excluding carboxylic acids is 1. The Hall–Kier alpha value is -0.870. The fourth-order valence-corrected chi connectivity index (χ4v) is 3.86. The highest BCUT2D eigenvalue weighted by molar-refractivity contribution is 9.10. The summed E-state index contributed by atoms with van der Waals surface area (Å²) >= 11 is 3.48. The van der Waals surface area contributed by atoms with Crippen LogP contribution in [0.15, 0.2) is 28.7 Å². The van der Waals surface area contributed by atoms with Gasteiger partial charge in [-0.05, 0) is 51.3 Å². The number of hydrogen-bond donors (Lipinski definition) is 0. The van der Waals surface area contributed by atoms with Crippen LogP contribution in [-0.2, 0) is 11.3 Å². The molecular weight excluding hydrogens is 328 g/mol. The summed E-state index contributed by atoms with van der Waals surface area (Å²) in [5.41, 5.74) is 1.15. The summed E-state index contributed by atoms with van der Waals surface area (Å²) in [5.74, 6) is 0.204. The van der Waals surface area contributed by atoms with Crippen molar-refractivity contribution in [2.45, 2.75) is 58.3 Å². The van der Waals surface area contributed by atoms with Gasteiger partial charge in [0.2, 0.25) is 5.91 Å². The molecule has 0 saturated carbocycles. The minimum absolute atomic E-state index is 0.0466. The Morgan fingerprint density at radius 1 is 1.38 bits per heavy atom. The highest BCUT2D eigenvalue weighted by Gasteiger charge is 2.35. The first-order chi connectivity index (χ1) is 9.90. The van der Waals surface area contributed by atoms with E-state index < -0.39 is 0 Å². The number of likely N-dealkylation sites (N-methyl/N-ethyl adjacent to an activating group) is 1. The molecule has 0 aliphatic carbocycles. The number of hydrogen-bond acceptors (Lipinski definition) is 2. The van der Waals surface area contributed by atoms with Crippen molar-refractivity contribution in [2.24, 2.45) is 0 Å². The molecule has 21 heavy (non-hydrogen) atoms. The lowest BCUT2D eigenvalue weighted by Crippen LogP contribution is -2.49. The summed E-state index contributed by atoms with van der Waals surface area (Å²) in [4.78, 5) is 16.9. The first-order valence-electron chi connectivity index (χ1n) is 7.67. The molecule has 0 radical (unpaired) electrons. The number of rotatable bonds is 4. The van der Waals surface area contributed by atoms with Crippen LogP contribution < -0.4 is 0 Å². The van der Waals surface area contributed by atoms with E-state index in [1.807, 2.05) is 31.0 Å². The first-order valence-corrected chi connectivity index (χ1v) is 8.46. The Bertz CT molecular complexity index is 495. The Balaban J connectivity index is 2.01. The van der Waals surface area contributed by atoms with Gasteiger partial charge in [-0.15, -0.1) is 0 Å². The molecule has 0 aromatic heterocycles. The van der Waals surface area contributed by atoms with Crippen molar-refractivity contribution < 1.29 is 4.79 Å². The van der Waals surface area contributed by atoms with Crippen molar-refractivity contribution in [1.29, 1.82) is 0 Å². The van der Waals surface area contributed by atoms with E-state index in [1.165, 1.54) is 12.8 Å². The Kier molecular flexibility index (Phi) is 5.44. The zero-order valence-electron chi connectivity index (χ0n) is 13.3. The van der Waals surface area contributed by atoms with Crippen LogP contribution in [0.1, 0.15) is 39.2 Å². The molecule has 2 rings (SSSR count). The maximum absolute atomic E-state index is 12.7. The van der Waals surface area contributed by atoms with E-state index >= 15 is 0 Å². The van der Waals surface area contributed by atoms with Gasteiger partial charge in [-0.3, -0.25) is 9.69 Å². The summed E-state index contributed by atoms with van der Waals surface area (Å²) in [6, 6.07) is 9.08. The first kappa shape index (κ1) is 16.5. The highest BCUT2D eigenvalue weighted by Crippen LogP contribution is 2.26. The third kappa shape index (κ3) is 3.86. The average molecular weight is 353 g/mol. The van der Waals surface area contributed by atoms with Crippen LogP contribution in [0.2, 0.25) is 0 Å².